The van der Waals surface area contributed by atoms with Crippen LogP contribution in [-0.4, -0.2) is 0 Å². The van der Waals surface area contributed by atoms with Crippen molar-refractivity contribution in [3.63, 3.8) is 0 Å². The molecule has 1 N–H and O–H groups in total. The molecule has 1 aliphatic heterocycles. The minimum atomic E-state index is 0.818. The Labute approximate surface area is 66.5 Å². The summed E-state index contributed by atoms with van der Waals surface area (Å²) in [6, 6.07) is 0. The van der Waals surface area contributed by atoms with E-state index >= 15 is 0 Å². The molecule has 1 fully saturated rings. The maximum absolute atomic E-state index is 3.17. The number of hydrogen-bond donors (Lipinski definition) is 1. The summed E-state index contributed by atoms with van der Waals surface area (Å²) in [5, 5.41) is 3.17. The molecule has 1 saturated carbocycles. The summed E-state index contributed by atoms with van der Waals surface area (Å²) < 4.78 is 0. The highest BCUT2D eigenvalue weighted by Crippen LogP contribution is 2.57. The van der Waals surface area contributed by atoms with Gasteiger partial charge in [-0.25, -0.2) is 0 Å². The zero-order chi connectivity index (χ0) is 7.42. The van der Waals surface area contributed by atoms with Crippen LogP contribution in [-0.2, 0) is 0 Å². The second-order valence-corrected chi connectivity index (χ2v) is 3.64. The standard InChI is InChI=1S/C10H11N/c1-6-8-2-3-11-5-7-4-9(6)10(7)8/h2-3,5-6,9,11H,4H2,1H3. The van der Waals surface area contributed by atoms with Crippen LogP contribution >= 0.6 is 0 Å². The monoisotopic (exact) mass is 145 g/mol. The summed E-state index contributed by atoms with van der Waals surface area (Å²) >= 11 is 0. The third kappa shape index (κ3) is 0.493. The second kappa shape index (κ2) is 1.60. The van der Waals surface area contributed by atoms with Crippen LogP contribution in [0.4, 0.5) is 0 Å². The Kier molecular flexibility index (Phi) is 0.823. The lowest BCUT2D eigenvalue weighted by molar-refractivity contribution is 0.349. The SMILES string of the molecule is CC1C2=C3C(=CNC=C2)CC31. The van der Waals surface area contributed by atoms with Crippen molar-refractivity contribution in [2.45, 2.75) is 13.3 Å². The van der Waals surface area contributed by atoms with E-state index in [-0.39, 0.29) is 0 Å². The minimum absolute atomic E-state index is 0.818. The van der Waals surface area contributed by atoms with Gasteiger partial charge in [0.15, 0.2) is 0 Å². The molecule has 0 amide bonds. The number of allylic oxidation sites excluding steroid dienone is 4. The molecule has 0 radical (unpaired) electrons. The molecule has 0 spiro atoms. The van der Waals surface area contributed by atoms with Crippen LogP contribution in [0, 0.1) is 11.8 Å². The van der Waals surface area contributed by atoms with E-state index in [4.69, 9.17) is 0 Å². The normalized spacial score (nSPS) is 37.7. The van der Waals surface area contributed by atoms with E-state index in [0.717, 1.165) is 11.8 Å². The molecule has 0 aromatic rings. The van der Waals surface area contributed by atoms with E-state index in [1.807, 2.05) is 6.20 Å². The molecule has 1 heterocycles. The van der Waals surface area contributed by atoms with Gasteiger partial charge in [0.1, 0.15) is 0 Å². The smallest absolute Gasteiger partial charge is 0.00399 e. The Bertz CT molecular complexity index is 301. The van der Waals surface area contributed by atoms with Gasteiger partial charge in [-0.15, -0.1) is 0 Å². The number of hydrogen-bond acceptors (Lipinski definition) is 1. The number of rotatable bonds is 0. The lowest BCUT2D eigenvalue weighted by Gasteiger charge is -2.48. The molecule has 56 valence electrons. The number of nitrogens with one attached hydrogen (secondary N) is 1. The molecule has 1 nitrogen and oxygen atoms in total. The van der Waals surface area contributed by atoms with Gasteiger partial charge in [0.25, 0.3) is 0 Å². The molecule has 0 aromatic carbocycles. The zero-order valence-electron chi connectivity index (χ0n) is 6.59. The van der Waals surface area contributed by atoms with E-state index in [2.05, 4.69) is 24.5 Å². The van der Waals surface area contributed by atoms with Gasteiger partial charge < -0.3 is 5.32 Å². The van der Waals surface area contributed by atoms with E-state index in [1.165, 1.54) is 12.0 Å². The summed E-state index contributed by atoms with van der Waals surface area (Å²) in [6.07, 6.45) is 7.70. The Balaban J connectivity index is 2.15. The summed E-state index contributed by atoms with van der Waals surface area (Å²) in [5.41, 5.74) is 4.74. The van der Waals surface area contributed by atoms with Crippen molar-refractivity contribution in [3.8, 4) is 0 Å². The van der Waals surface area contributed by atoms with Crippen LogP contribution in [0.5, 0.6) is 0 Å². The van der Waals surface area contributed by atoms with Crippen molar-refractivity contribution in [1.29, 1.82) is 0 Å². The van der Waals surface area contributed by atoms with Crippen LogP contribution in [0.1, 0.15) is 13.3 Å². The molecule has 2 atom stereocenters. The van der Waals surface area contributed by atoms with Crippen LogP contribution < -0.4 is 5.32 Å². The molecule has 3 aliphatic rings. The fraction of sp³-hybridized carbons (Fsp3) is 0.400. The fourth-order valence-corrected chi connectivity index (χ4v) is 2.41. The predicted molar refractivity (Wildman–Crippen MR) is 44.7 cm³/mol. The Morgan fingerprint density at radius 1 is 1.55 bits per heavy atom. The largest absolute Gasteiger partial charge is 0.367 e. The van der Waals surface area contributed by atoms with Crippen LogP contribution in [0.2, 0.25) is 0 Å². The Morgan fingerprint density at radius 3 is 3.36 bits per heavy atom. The molecule has 1 heteroatoms. The molecule has 0 bridgehead atoms. The van der Waals surface area contributed by atoms with Gasteiger partial charge in [0, 0.05) is 12.4 Å². The summed E-state index contributed by atoms with van der Waals surface area (Å²) in [6.45, 7) is 2.33. The van der Waals surface area contributed by atoms with Crippen LogP contribution in [0.15, 0.2) is 35.2 Å². The first-order valence-electron chi connectivity index (χ1n) is 4.24. The first kappa shape index (κ1) is 5.64. The van der Waals surface area contributed by atoms with Crippen molar-refractivity contribution in [3.05, 3.63) is 35.2 Å². The van der Waals surface area contributed by atoms with Crippen molar-refractivity contribution >= 4 is 0 Å². The predicted octanol–water partition coefficient (Wildman–Crippen LogP) is 1.95. The van der Waals surface area contributed by atoms with Crippen molar-refractivity contribution in [2.24, 2.45) is 11.8 Å². The van der Waals surface area contributed by atoms with Crippen molar-refractivity contribution < 1.29 is 0 Å². The van der Waals surface area contributed by atoms with Crippen molar-refractivity contribution in [1.82, 2.24) is 5.32 Å². The van der Waals surface area contributed by atoms with E-state index in [9.17, 15) is 0 Å². The van der Waals surface area contributed by atoms with Gasteiger partial charge in [-0.1, -0.05) is 6.92 Å². The lowest BCUT2D eigenvalue weighted by atomic mass is 9.55. The molecular formula is C10H11N. The molecule has 0 saturated heterocycles. The van der Waals surface area contributed by atoms with Crippen LogP contribution in [0.25, 0.3) is 0 Å². The average Bonchev–Trinajstić information content (AvgIpc) is 2.03. The summed E-state index contributed by atoms with van der Waals surface area (Å²) in [7, 11) is 0. The zero-order valence-corrected chi connectivity index (χ0v) is 6.59. The fourth-order valence-electron chi connectivity index (χ4n) is 2.41. The van der Waals surface area contributed by atoms with Gasteiger partial charge in [-0.2, -0.15) is 0 Å². The quantitative estimate of drug-likeness (QED) is 0.549. The highest BCUT2D eigenvalue weighted by atomic mass is 14.8. The van der Waals surface area contributed by atoms with Gasteiger partial charge in [0.05, 0.1) is 0 Å². The Morgan fingerprint density at radius 2 is 2.45 bits per heavy atom. The maximum atomic E-state index is 3.17. The average molecular weight is 145 g/mol. The van der Waals surface area contributed by atoms with Crippen molar-refractivity contribution in [2.75, 3.05) is 0 Å². The topological polar surface area (TPSA) is 12.0 Å². The first-order chi connectivity index (χ1) is 5.38. The molecule has 0 aromatic heterocycles. The highest BCUT2D eigenvalue weighted by Gasteiger charge is 2.45. The molecule has 2 unspecified atom stereocenters. The van der Waals surface area contributed by atoms with E-state index in [1.54, 1.807) is 11.1 Å². The third-order valence-electron chi connectivity index (χ3n) is 3.18. The third-order valence-corrected chi connectivity index (χ3v) is 3.18. The van der Waals surface area contributed by atoms with Gasteiger partial charge in [-0.05, 0) is 41.1 Å². The maximum Gasteiger partial charge on any atom is 0.00399 e. The van der Waals surface area contributed by atoms with Gasteiger partial charge in [0.2, 0.25) is 0 Å². The van der Waals surface area contributed by atoms with E-state index < -0.39 is 0 Å². The minimum Gasteiger partial charge on any atom is -0.367 e. The van der Waals surface area contributed by atoms with Gasteiger partial charge >= 0.3 is 0 Å². The van der Waals surface area contributed by atoms with Gasteiger partial charge in [-0.3, -0.25) is 0 Å². The highest BCUT2D eigenvalue weighted by molar-refractivity contribution is 5.59. The molecule has 3 rings (SSSR count). The Hall–Kier alpha value is -0.980. The van der Waals surface area contributed by atoms with Crippen LogP contribution in [0.3, 0.4) is 0 Å². The lowest BCUT2D eigenvalue weighted by Crippen LogP contribution is -2.37. The summed E-state index contributed by atoms with van der Waals surface area (Å²) in [5.74, 6) is 1.72. The molecule has 2 aliphatic carbocycles. The second-order valence-electron chi connectivity index (χ2n) is 3.64. The van der Waals surface area contributed by atoms with E-state index in [0.29, 0.717) is 0 Å². The molecular weight excluding hydrogens is 134 g/mol. The first-order valence-corrected chi connectivity index (χ1v) is 4.24. The molecule has 11 heavy (non-hydrogen) atoms. The summed E-state index contributed by atoms with van der Waals surface area (Å²) in [4.78, 5) is 0.